The predicted molar refractivity (Wildman–Crippen MR) is 62.6 cm³/mol. The van der Waals surface area contributed by atoms with Gasteiger partial charge in [-0.05, 0) is 19.8 Å². The second-order valence-corrected chi connectivity index (χ2v) is 4.22. The molecule has 0 spiro atoms. The Morgan fingerprint density at radius 2 is 1.86 bits per heavy atom. The van der Waals surface area contributed by atoms with Crippen molar-refractivity contribution in [3.63, 3.8) is 0 Å². The van der Waals surface area contributed by atoms with Crippen molar-refractivity contribution in [3.8, 4) is 0 Å². The highest BCUT2D eigenvalue weighted by atomic mass is 35.5. The highest BCUT2D eigenvalue weighted by molar-refractivity contribution is 6.30. The molecule has 0 atom stereocenters. The van der Waals surface area contributed by atoms with Gasteiger partial charge in [-0.1, -0.05) is 50.3 Å². The van der Waals surface area contributed by atoms with Gasteiger partial charge in [-0.15, -0.1) is 0 Å². The Kier molecular flexibility index (Phi) is 9.06. The molecular weight excluding hydrogens is 196 g/mol. The van der Waals surface area contributed by atoms with Gasteiger partial charge in [0.15, 0.2) is 0 Å². The van der Waals surface area contributed by atoms with Crippen molar-refractivity contribution in [3.05, 3.63) is 11.1 Å². The maximum Gasteiger partial charge on any atom is 0.135 e. The third-order valence-electron chi connectivity index (χ3n) is 2.09. The molecular formula is C12H21ClO. The van der Waals surface area contributed by atoms with Crippen LogP contribution in [0.3, 0.4) is 0 Å². The molecule has 0 fully saturated rings. The Morgan fingerprint density at radius 1 is 1.21 bits per heavy atom. The van der Waals surface area contributed by atoms with Crippen molar-refractivity contribution in [1.82, 2.24) is 0 Å². The molecule has 1 nitrogen and oxygen atoms in total. The summed E-state index contributed by atoms with van der Waals surface area (Å²) >= 11 is 5.86. The molecule has 0 aromatic rings. The zero-order valence-electron chi connectivity index (χ0n) is 9.31. The average Bonchev–Trinajstić information content (AvgIpc) is 2.10. The van der Waals surface area contributed by atoms with Gasteiger partial charge in [0, 0.05) is 11.5 Å². The molecule has 2 heteroatoms. The number of hydrogen-bond donors (Lipinski definition) is 0. The van der Waals surface area contributed by atoms with Crippen LogP contribution in [0.25, 0.3) is 0 Å². The van der Waals surface area contributed by atoms with Gasteiger partial charge in [0.05, 0.1) is 0 Å². The first-order chi connectivity index (χ1) is 6.66. The van der Waals surface area contributed by atoms with E-state index in [2.05, 4.69) is 6.92 Å². The molecule has 0 aliphatic heterocycles. The topological polar surface area (TPSA) is 17.1 Å². The van der Waals surface area contributed by atoms with Crippen LogP contribution < -0.4 is 0 Å². The van der Waals surface area contributed by atoms with Crippen LogP contribution in [-0.2, 0) is 4.79 Å². The molecule has 0 aromatic heterocycles. The van der Waals surface area contributed by atoms with Crippen LogP contribution in [0.15, 0.2) is 11.1 Å². The minimum Gasteiger partial charge on any atom is -0.300 e. The molecule has 0 aromatic carbocycles. The second kappa shape index (κ2) is 9.26. The van der Waals surface area contributed by atoms with Gasteiger partial charge in [0.2, 0.25) is 0 Å². The van der Waals surface area contributed by atoms with Gasteiger partial charge in [-0.3, -0.25) is 4.79 Å². The lowest BCUT2D eigenvalue weighted by molar-refractivity contribution is -0.116. The van der Waals surface area contributed by atoms with Gasteiger partial charge in [0.1, 0.15) is 5.78 Å². The van der Waals surface area contributed by atoms with Crippen molar-refractivity contribution in [2.45, 2.75) is 58.8 Å². The number of Topliss-reactive ketones (excluding diaryl/α,β-unsaturated/α-hetero) is 1. The zero-order valence-corrected chi connectivity index (χ0v) is 10.1. The SMILES string of the molecule is CCCCCCC/C=C(\Cl)CC(C)=O. The molecule has 0 rings (SSSR count). The van der Waals surface area contributed by atoms with E-state index in [0.717, 1.165) is 6.42 Å². The fourth-order valence-corrected chi connectivity index (χ4v) is 1.61. The summed E-state index contributed by atoms with van der Waals surface area (Å²) in [5.41, 5.74) is 0. The van der Waals surface area contributed by atoms with Crippen LogP contribution in [0.2, 0.25) is 0 Å². The van der Waals surface area contributed by atoms with E-state index in [-0.39, 0.29) is 5.78 Å². The van der Waals surface area contributed by atoms with Crippen molar-refractivity contribution >= 4 is 17.4 Å². The molecule has 0 aliphatic carbocycles. The molecule has 0 N–H and O–H groups in total. The van der Waals surface area contributed by atoms with Crippen LogP contribution >= 0.6 is 11.6 Å². The Morgan fingerprint density at radius 3 is 2.43 bits per heavy atom. The van der Waals surface area contributed by atoms with Crippen LogP contribution in [0.4, 0.5) is 0 Å². The number of hydrogen-bond acceptors (Lipinski definition) is 1. The first-order valence-electron chi connectivity index (χ1n) is 5.50. The number of unbranched alkanes of at least 4 members (excludes halogenated alkanes) is 5. The van der Waals surface area contributed by atoms with Crippen molar-refractivity contribution in [2.75, 3.05) is 0 Å². The molecule has 0 heterocycles. The van der Waals surface area contributed by atoms with E-state index in [4.69, 9.17) is 11.6 Å². The fourth-order valence-electron chi connectivity index (χ4n) is 1.32. The number of carbonyl (C=O) groups is 1. The summed E-state index contributed by atoms with van der Waals surface area (Å²) in [6.07, 6.45) is 9.77. The molecule has 14 heavy (non-hydrogen) atoms. The summed E-state index contributed by atoms with van der Waals surface area (Å²) in [4.78, 5) is 10.7. The average molecular weight is 217 g/mol. The summed E-state index contributed by atoms with van der Waals surface area (Å²) in [5, 5.41) is 0.702. The Labute approximate surface area is 92.5 Å². The molecule has 0 saturated heterocycles. The first-order valence-corrected chi connectivity index (χ1v) is 5.88. The summed E-state index contributed by atoms with van der Waals surface area (Å²) < 4.78 is 0. The van der Waals surface area contributed by atoms with Crippen LogP contribution in [0.1, 0.15) is 58.8 Å². The maximum atomic E-state index is 10.7. The van der Waals surface area contributed by atoms with Crippen molar-refractivity contribution < 1.29 is 4.79 Å². The summed E-state index contributed by atoms with van der Waals surface area (Å²) in [6.45, 7) is 3.78. The molecule has 82 valence electrons. The Balaban J connectivity index is 3.36. The van der Waals surface area contributed by atoms with E-state index in [1.165, 1.54) is 32.1 Å². The van der Waals surface area contributed by atoms with Gasteiger partial charge in [-0.25, -0.2) is 0 Å². The van der Waals surface area contributed by atoms with Gasteiger partial charge >= 0.3 is 0 Å². The number of halogens is 1. The Hall–Kier alpha value is -0.300. The number of ketones is 1. The van der Waals surface area contributed by atoms with Crippen LogP contribution in [0.5, 0.6) is 0 Å². The van der Waals surface area contributed by atoms with E-state index in [0.29, 0.717) is 11.5 Å². The first kappa shape index (κ1) is 13.7. The smallest absolute Gasteiger partial charge is 0.135 e. The molecule has 0 radical (unpaired) electrons. The molecule has 0 saturated carbocycles. The normalized spacial score (nSPS) is 11.8. The highest BCUT2D eigenvalue weighted by Gasteiger charge is 1.96. The monoisotopic (exact) mass is 216 g/mol. The molecule has 0 bridgehead atoms. The van der Waals surface area contributed by atoms with E-state index in [1.54, 1.807) is 6.92 Å². The van der Waals surface area contributed by atoms with E-state index < -0.39 is 0 Å². The maximum absolute atomic E-state index is 10.7. The third-order valence-corrected chi connectivity index (χ3v) is 2.38. The lowest BCUT2D eigenvalue weighted by atomic mass is 10.1. The lowest BCUT2D eigenvalue weighted by Crippen LogP contribution is -1.88. The van der Waals surface area contributed by atoms with Gasteiger partial charge < -0.3 is 0 Å². The van der Waals surface area contributed by atoms with E-state index in [9.17, 15) is 4.79 Å². The minimum absolute atomic E-state index is 0.136. The second-order valence-electron chi connectivity index (χ2n) is 3.73. The summed E-state index contributed by atoms with van der Waals surface area (Å²) in [5.74, 6) is 0.136. The van der Waals surface area contributed by atoms with Gasteiger partial charge in [0.25, 0.3) is 0 Å². The molecule has 0 aliphatic rings. The van der Waals surface area contributed by atoms with Crippen molar-refractivity contribution in [1.29, 1.82) is 0 Å². The summed E-state index contributed by atoms with van der Waals surface area (Å²) in [6, 6.07) is 0. The quantitative estimate of drug-likeness (QED) is 0.548. The fraction of sp³-hybridized carbons (Fsp3) is 0.750. The molecule has 0 unspecified atom stereocenters. The summed E-state index contributed by atoms with van der Waals surface area (Å²) in [7, 11) is 0. The largest absolute Gasteiger partial charge is 0.300 e. The predicted octanol–water partition coefficient (Wildman–Crippen LogP) is 4.45. The van der Waals surface area contributed by atoms with Crippen LogP contribution in [0, 0.1) is 0 Å². The van der Waals surface area contributed by atoms with Gasteiger partial charge in [-0.2, -0.15) is 0 Å². The third kappa shape index (κ3) is 9.79. The van der Waals surface area contributed by atoms with E-state index in [1.807, 2.05) is 6.08 Å². The Bertz CT molecular complexity index is 185. The standard InChI is InChI=1S/C12H21ClO/c1-3-4-5-6-7-8-9-12(13)10-11(2)14/h9H,3-8,10H2,1-2H3/b12-9-. The highest BCUT2D eigenvalue weighted by Crippen LogP contribution is 2.12. The van der Waals surface area contributed by atoms with E-state index >= 15 is 0 Å². The number of rotatable bonds is 8. The number of allylic oxidation sites excluding steroid dienone is 2. The molecule has 0 amide bonds. The lowest BCUT2D eigenvalue weighted by Gasteiger charge is -1.97. The van der Waals surface area contributed by atoms with Crippen molar-refractivity contribution in [2.24, 2.45) is 0 Å². The number of carbonyl (C=O) groups excluding carboxylic acids is 1. The minimum atomic E-state index is 0.136. The zero-order chi connectivity index (χ0) is 10.8. The van der Waals surface area contributed by atoms with Crippen LogP contribution in [-0.4, -0.2) is 5.78 Å².